The van der Waals surface area contributed by atoms with Gasteiger partial charge in [-0.15, -0.1) is 0 Å². The van der Waals surface area contributed by atoms with Crippen LogP contribution in [0.15, 0.2) is 18.3 Å². The second-order valence-corrected chi connectivity index (χ2v) is 8.97. The number of carbonyl (C=O) groups excluding carboxylic acids is 1. The Morgan fingerprint density at radius 2 is 1.56 bits per heavy atom. The van der Waals surface area contributed by atoms with Gasteiger partial charge in [-0.1, -0.05) is 45.4 Å². The third-order valence-corrected chi connectivity index (χ3v) is 7.01. The van der Waals surface area contributed by atoms with E-state index in [9.17, 15) is 4.79 Å². The predicted molar refractivity (Wildman–Crippen MR) is 110 cm³/mol. The van der Waals surface area contributed by atoms with E-state index in [2.05, 4.69) is 11.9 Å². The highest BCUT2D eigenvalue weighted by Gasteiger charge is 2.30. The molecule has 0 atom stereocenters. The normalized spacial score (nSPS) is 28.7. The van der Waals surface area contributed by atoms with E-state index in [0.717, 1.165) is 35.8 Å². The van der Waals surface area contributed by atoms with Gasteiger partial charge in [0.25, 0.3) is 0 Å². The van der Waals surface area contributed by atoms with Gasteiger partial charge in [-0.2, -0.15) is 0 Å². The Morgan fingerprint density at radius 1 is 0.963 bits per heavy atom. The molecule has 150 valence electrons. The zero-order valence-corrected chi connectivity index (χ0v) is 17.3. The van der Waals surface area contributed by atoms with Crippen molar-refractivity contribution < 1.29 is 9.53 Å². The summed E-state index contributed by atoms with van der Waals surface area (Å²) in [6, 6.07) is 3.86. The fourth-order valence-corrected chi connectivity index (χ4v) is 5.44. The van der Waals surface area contributed by atoms with Crippen LogP contribution in [0, 0.1) is 23.7 Å². The molecule has 0 aromatic carbocycles. The molecule has 3 heteroatoms. The molecule has 0 bridgehead atoms. The highest BCUT2D eigenvalue weighted by molar-refractivity contribution is 5.69. The van der Waals surface area contributed by atoms with Gasteiger partial charge < -0.3 is 4.74 Å². The van der Waals surface area contributed by atoms with Crippen LogP contribution in [0.1, 0.15) is 90.2 Å². The van der Waals surface area contributed by atoms with Crippen LogP contribution in [0.5, 0.6) is 5.75 Å². The summed E-state index contributed by atoms with van der Waals surface area (Å²) in [6.07, 6.45) is 18.5. The minimum absolute atomic E-state index is 0.292. The lowest BCUT2D eigenvalue weighted by atomic mass is 9.68. The lowest BCUT2D eigenvalue weighted by Crippen LogP contribution is -2.26. The first-order valence-electron chi connectivity index (χ1n) is 11.3. The molecule has 3 nitrogen and oxygen atoms in total. The molecule has 0 radical (unpaired) electrons. The summed E-state index contributed by atoms with van der Waals surface area (Å²) in [4.78, 5) is 15.4. The standard InChI is InChI=1S/C24H37NO2/c1-3-4-19-5-10-21(11-6-19)22-12-7-20(8-13-22)9-14-23-15-16-24(17-25-23)27-18(2)26/h15-17,19-22H,3-14H2,1-2H3/t19-,20-,21-,22-. The summed E-state index contributed by atoms with van der Waals surface area (Å²) in [7, 11) is 0. The van der Waals surface area contributed by atoms with Gasteiger partial charge >= 0.3 is 5.97 Å². The fraction of sp³-hybridized carbons (Fsp3) is 0.750. The molecule has 0 spiro atoms. The summed E-state index contributed by atoms with van der Waals surface area (Å²) in [6.45, 7) is 3.75. The molecule has 2 aliphatic rings. The molecule has 0 N–H and O–H groups in total. The Bertz CT molecular complexity index is 567. The fourth-order valence-electron chi connectivity index (χ4n) is 5.44. The number of nitrogens with zero attached hydrogens (tertiary/aromatic N) is 1. The summed E-state index contributed by atoms with van der Waals surface area (Å²) < 4.78 is 5.05. The number of rotatable bonds is 7. The number of ether oxygens (including phenoxy) is 1. The Hall–Kier alpha value is -1.38. The van der Waals surface area contributed by atoms with E-state index < -0.39 is 0 Å². The van der Waals surface area contributed by atoms with Crippen LogP contribution >= 0.6 is 0 Å². The van der Waals surface area contributed by atoms with E-state index >= 15 is 0 Å². The minimum atomic E-state index is -0.292. The monoisotopic (exact) mass is 371 g/mol. The van der Waals surface area contributed by atoms with Crippen LogP contribution in [0.2, 0.25) is 0 Å². The van der Waals surface area contributed by atoms with Crippen molar-refractivity contribution >= 4 is 5.97 Å². The quantitative estimate of drug-likeness (QED) is 0.524. The lowest BCUT2D eigenvalue weighted by Gasteiger charge is -2.38. The van der Waals surface area contributed by atoms with Crippen molar-refractivity contribution in [2.24, 2.45) is 23.7 Å². The van der Waals surface area contributed by atoms with Gasteiger partial charge in [-0.3, -0.25) is 9.78 Å². The maximum atomic E-state index is 11.0. The van der Waals surface area contributed by atoms with Gasteiger partial charge in [0.2, 0.25) is 0 Å². The number of pyridine rings is 1. The second-order valence-electron chi connectivity index (χ2n) is 8.97. The van der Waals surface area contributed by atoms with Crippen LogP contribution in [0.4, 0.5) is 0 Å². The van der Waals surface area contributed by atoms with Crippen LogP contribution < -0.4 is 4.74 Å². The maximum absolute atomic E-state index is 11.0. The van der Waals surface area contributed by atoms with E-state index in [1.165, 1.54) is 77.6 Å². The predicted octanol–water partition coefficient (Wildman–Crippen LogP) is 6.35. The molecular weight excluding hydrogens is 334 g/mol. The Balaban J connectivity index is 1.35. The first-order valence-corrected chi connectivity index (χ1v) is 11.3. The third-order valence-electron chi connectivity index (χ3n) is 7.01. The number of aryl methyl sites for hydroxylation is 1. The molecule has 0 unspecified atom stereocenters. The maximum Gasteiger partial charge on any atom is 0.308 e. The van der Waals surface area contributed by atoms with Crippen LogP contribution in [0.3, 0.4) is 0 Å². The molecule has 2 aliphatic carbocycles. The molecular formula is C24H37NO2. The van der Waals surface area contributed by atoms with Gasteiger partial charge in [0.1, 0.15) is 5.75 Å². The molecule has 2 fully saturated rings. The lowest BCUT2D eigenvalue weighted by molar-refractivity contribution is -0.131. The Kier molecular flexibility index (Phi) is 7.72. The van der Waals surface area contributed by atoms with Crippen molar-refractivity contribution in [3.8, 4) is 5.75 Å². The molecule has 0 saturated heterocycles. The van der Waals surface area contributed by atoms with Crippen LogP contribution in [-0.4, -0.2) is 11.0 Å². The van der Waals surface area contributed by atoms with Crippen LogP contribution in [0.25, 0.3) is 0 Å². The van der Waals surface area contributed by atoms with E-state index in [1.54, 1.807) is 6.20 Å². The zero-order chi connectivity index (χ0) is 19.1. The van der Waals surface area contributed by atoms with Crippen molar-refractivity contribution in [1.29, 1.82) is 0 Å². The van der Waals surface area contributed by atoms with Crippen molar-refractivity contribution in [2.45, 2.75) is 90.9 Å². The number of esters is 1. The average molecular weight is 372 g/mol. The highest BCUT2D eigenvalue weighted by atomic mass is 16.5. The Morgan fingerprint density at radius 3 is 2.04 bits per heavy atom. The van der Waals surface area contributed by atoms with E-state index in [-0.39, 0.29) is 5.97 Å². The SMILES string of the molecule is CCC[C@H]1CC[C@H]([C@H]2CC[C@H](CCc3ccc(OC(C)=O)cn3)CC2)CC1. The molecule has 1 aromatic heterocycles. The molecule has 1 aromatic rings. The third kappa shape index (κ3) is 6.33. The van der Waals surface area contributed by atoms with Gasteiger partial charge in [-0.25, -0.2) is 0 Å². The Labute approximate surface area is 165 Å². The smallest absolute Gasteiger partial charge is 0.308 e. The first-order chi connectivity index (χ1) is 13.1. The van der Waals surface area contributed by atoms with Crippen molar-refractivity contribution in [1.82, 2.24) is 4.98 Å². The minimum Gasteiger partial charge on any atom is -0.425 e. The summed E-state index contributed by atoms with van der Waals surface area (Å²) in [5.41, 5.74) is 1.11. The molecule has 0 aliphatic heterocycles. The topological polar surface area (TPSA) is 39.2 Å². The van der Waals surface area contributed by atoms with Gasteiger partial charge in [-0.05, 0) is 74.3 Å². The second kappa shape index (κ2) is 10.2. The first kappa shape index (κ1) is 20.4. The van der Waals surface area contributed by atoms with E-state index in [0.29, 0.717) is 5.75 Å². The van der Waals surface area contributed by atoms with Crippen molar-refractivity contribution in [2.75, 3.05) is 0 Å². The molecule has 2 saturated carbocycles. The number of hydrogen-bond donors (Lipinski definition) is 0. The van der Waals surface area contributed by atoms with Crippen molar-refractivity contribution in [3.05, 3.63) is 24.0 Å². The molecule has 0 amide bonds. The molecule has 3 rings (SSSR count). The zero-order valence-electron chi connectivity index (χ0n) is 17.3. The number of carbonyl (C=O) groups is 1. The largest absolute Gasteiger partial charge is 0.425 e. The summed E-state index contributed by atoms with van der Waals surface area (Å²) >= 11 is 0. The molecule has 27 heavy (non-hydrogen) atoms. The van der Waals surface area contributed by atoms with Crippen LogP contribution in [-0.2, 0) is 11.2 Å². The van der Waals surface area contributed by atoms with Gasteiger partial charge in [0.05, 0.1) is 6.20 Å². The summed E-state index contributed by atoms with van der Waals surface area (Å²) in [5.74, 6) is 4.18. The number of hydrogen-bond acceptors (Lipinski definition) is 3. The highest BCUT2D eigenvalue weighted by Crippen LogP contribution is 2.42. The van der Waals surface area contributed by atoms with E-state index in [4.69, 9.17) is 4.74 Å². The average Bonchev–Trinajstić information content (AvgIpc) is 2.68. The summed E-state index contributed by atoms with van der Waals surface area (Å²) in [5, 5.41) is 0. The van der Waals surface area contributed by atoms with E-state index in [1.807, 2.05) is 12.1 Å². The molecule has 1 heterocycles. The van der Waals surface area contributed by atoms with Gasteiger partial charge in [0.15, 0.2) is 0 Å². The van der Waals surface area contributed by atoms with Gasteiger partial charge in [0, 0.05) is 12.6 Å². The van der Waals surface area contributed by atoms with Crippen molar-refractivity contribution in [3.63, 3.8) is 0 Å². The number of aromatic nitrogens is 1.